The number of β-amino-alcohol motifs (C(OH)–C–C–N with tert-alkyl or cyclic N) is 1. The second-order valence-electron chi connectivity index (χ2n) is 6.11. The maximum atomic E-state index is 10.1. The lowest BCUT2D eigenvalue weighted by atomic mass is 10.1. The molecule has 1 aliphatic carbocycles. The van der Waals surface area contributed by atoms with Crippen molar-refractivity contribution >= 4 is 12.4 Å². The maximum Gasteiger partial charge on any atom is 0.119 e. The van der Waals surface area contributed by atoms with Crippen molar-refractivity contribution in [2.45, 2.75) is 44.6 Å². The smallest absolute Gasteiger partial charge is 0.119 e. The first-order chi connectivity index (χ1) is 9.81. The number of rotatable bonds is 5. The number of aliphatic hydroxyl groups is 1. The molecule has 1 heterocycles. The number of aryl methyl sites for hydroxylation is 2. The fourth-order valence-electron chi connectivity index (χ4n) is 3.32. The minimum atomic E-state index is -0.388. The van der Waals surface area contributed by atoms with Gasteiger partial charge in [0.1, 0.15) is 18.5 Å². The average Bonchev–Trinajstić information content (AvgIpc) is 2.93. The van der Waals surface area contributed by atoms with Crippen LogP contribution in [0.3, 0.4) is 0 Å². The van der Waals surface area contributed by atoms with Crippen molar-refractivity contribution in [3.05, 3.63) is 29.3 Å². The fraction of sp³-hybridized carbons (Fsp3) is 0.647. The van der Waals surface area contributed by atoms with Gasteiger partial charge >= 0.3 is 0 Å². The number of hydrogen-bond acceptors (Lipinski definition) is 3. The summed E-state index contributed by atoms with van der Waals surface area (Å²) < 4.78 is 5.76. The van der Waals surface area contributed by atoms with E-state index in [1.807, 2.05) is 6.07 Å². The summed E-state index contributed by atoms with van der Waals surface area (Å²) in [5, 5.41) is 10.1. The van der Waals surface area contributed by atoms with Crippen LogP contribution in [-0.2, 0) is 12.8 Å². The minimum absolute atomic E-state index is 0. The van der Waals surface area contributed by atoms with E-state index in [-0.39, 0.29) is 18.5 Å². The summed E-state index contributed by atoms with van der Waals surface area (Å²) in [4.78, 5) is 2.35. The van der Waals surface area contributed by atoms with Crippen LogP contribution in [-0.4, -0.2) is 42.4 Å². The summed E-state index contributed by atoms with van der Waals surface area (Å²) in [6, 6.07) is 6.36. The predicted octanol–water partition coefficient (Wildman–Crippen LogP) is 2.82. The van der Waals surface area contributed by atoms with E-state index < -0.39 is 0 Å². The number of benzene rings is 1. The molecule has 118 valence electrons. The molecule has 21 heavy (non-hydrogen) atoms. The van der Waals surface area contributed by atoms with Gasteiger partial charge < -0.3 is 14.7 Å². The summed E-state index contributed by atoms with van der Waals surface area (Å²) >= 11 is 0. The van der Waals surface area contributed by atoms with Gasteiger partial charge in [-0.05, 0) is 68.5 Å². The molecule has 0 radical (unpaired) electrons. The third kappa shape index (κ3) is 4.60. The van der Waals surface area contributed by atoms with Gasteiger partial charge in [-0.2, -0.15) is 0 Å². The van der Waals surface area contributed by atoms with Crippen LogP contribution in [0.25, 0.3) is 0 Å². The van der Waals surface area contributed by atoms with Gasteiger partial charge in [0.25, 0.3) is 0 Å². The zero-order chi connectivity index (χ0) is 13.8. The molecule has 1 fully saturated rings. The SMILES string of the molecule is Cl.OC(COc1ccc2c(c1)CCC2)CN1CCCCC1. The Morgan fingerprint density at radius 1 is 1.05 bits per heavy atom. The normalized spacial score (nSPS) is 19.7. The number of halogens is 1. The largest absolute Gasteiger partial charge is 0.491 e. The van der Waals surface area contributed by atoms with Crippen LogP contribution in [0.4, 0.5) is 0 Å². The van der Waals surface area contributed by atoms with Gasteiger partial charge in [0.05, 0.1) is 0 Å². The lowest BCUT2D eigenvalue weighted by Crippen LogP contribution is -2.38. The molecule has 1 aromatic carbocycles. The van der Waals surface area contributed by atoms with E-state index in [1.54, 1.807) is 0 Å². The number of hydrogen-bond donors (Lipinski definition) is 1. The molecule has 2 aliphatic rings. The Kier molecular flexibility index (Phi) is 6.34. The molecule has 0 saturated carbocycles. The van der Waals surface area contributed by atoms with Crippen LogP contribution in [0, 0.1) is 0 Å². The van der Waals surface area contributed by atoms with Gasteiger partial charge in [-0.1, -0.05) is 12.5 Å². The minimum Gasteiger partial charge on any atom is -0.491 e. The molecule has 3 nitrogen and oxygen atoms in total. The highest BCUT2D eigenvalue weighted by Crippen LogP contribution is 2.26. The Morgan fingerprint density at radius 3 is 2.62 bits per heavy atom. The molecule has 0 bridgehead atoms. The van der Waals surface area contributed by atoms with Crippen molar-refractivity contribution in [3.8, 4) is 5.75 Å². The van der Waals surface area contributed by atoms with E-state index in [0.717, 1.165) is 25.4 Å². The van der Waals surface area contributed by atoms with Crippen molar-refractivity contribution in [1.29, 1.82) is 0 Å². The monoisotopic (exact) mass is 311 g/mol. The summed E-state index contributed by atoms with van der Waals surface area (Å²) in [5.41, 5.74) is 2.89. The number of ether oxygens (including phenoxy) is 1. The van der Waals surface area contributed by atoms with Gasteiger partial charge in [-0.3, -0.25) is 0 Å². The zero-order valence-corrected chi connectivity index (χ0v) is 13.4. The van der Waals surface area contributed by atoms with Crippen LogP contribution >= 0.6 is 12.4 Å². The Labute approximate surface area is 133 Å². The number of aliphatic hydroxyl groups excluding tert-OH is 1. The first-order valence-corrected chi connectivity index (χ1v) is 7.96. The molecule has 3 rings (SSSR count). The molecule has 0 amide bonds. The lowest BCUT2D eigenvalue weighted by Gasteiger charge is -2.28. The predicted molar refractivity (Wildman–Crippen MR) is 87.5 cm³/mol. The van der Waals surface area contributed by atoms with Crippen LogP contribution in [0.2, 0.25) is 0 Å². The maximum absolute atomic E-state index is 10.1. The van der Waals surface area contributed by atoms with Crippen LogP contribution < -0.4 is 4.74 Å². The van der Waals surface area contributed by atoms with E-state index in [0.29, 0.717) is 6.61 Å². The van der Waals surface area contributed by atoms with E-state index in [2.05, 4.69) is 17.0 Å². The Morgan fingerprint density at radius 2 is 1.81 bits per heavy atom. The third-order valence-corrected chi connectivity index (χ3v) is 4.43. The topological polar surface area (TPSA) is 32.7 Å². The molecule has 1 N–H and O–H groups in total. The standard InChI is InChI=1S/C17H25NO2.ClH/c19-16(12-18-9-2-1-3-10-18)13-20-17-8-7-14-5-4-6-15(14)11-17;/h7-8,11,16,19H,1-6,9-10,12-13H2;1H. The third-order valence-electron chi connectivity index (χ3n) is 4.43. The number of piperidine rings is 1. The van der Waals surface area contributed by atoms with Gasteiger partial charge in [0.15, 0.2) is 0 Å². The van der Waals surface area contributed by atoms with Gasteiger partial charge in [0.2, 0.25) is 0 Å². The number of nitrogens with zero attached hydrogens (tertiary/aromatic N) is 1. The first-order valence-electron chi connectivity index (χ1n) is 7.96. The molecule has 4 heteroatoms. The van der Waals surface area contributed by atoms with Gasteiger partial charge in [-0.25, -0.2) is 0 Å². The summed E-state index contributed by atoms with van der Waals surface area (Å²) in [5.74, 6) is 0.906. The second kappa shape index (κ2) is 8.02. The molecule has 1 aromatic rings. The molecular weight excluding hydrogens is 286 g/mol. The first kappa shape index (κ1) is 16.6. The van der Waals surface area contributed by atoms with Crippen molar-refractivity contribution in [2.24, 2.45) is 0 Å². The summed E-state index contributed by atoms with van der Waals surface area (Å²) in [7, 11) is 0. The lowest BCUT2D eigenvalue weighted by molar-refractivity contribution is 0.0617. The van der Waals surface area contributed by atoms with Crippen LogP contribution in [0.5, 0.6) is 5.75 Å². The highest BCUT2D eigenvalue weighted by Gasteiger charge is 2.16. The molecule has 1 atom stereocenters. The summed E-state index contributed by atoms with van der Waals surface area (Å²) in [6.45, 7) is 3.38. The van der Waals surface area contributed by atoms with Gasteiger partial charge in [0, 0.05) is 6.54 Å². The highest BCUT2D eigenvalue weighted by atomic mass is 35.5. The number of likely N-dealkylation sites (tertiary alicyclic amines) is 1. The molecule has 0 spiro atoms. The van der Waals surface area contributed by atoms with Crippen molar-refractivity contribution in [3.63, 3.8) is 0 Å². The number of fused-ring (bicyclic) bond motifs is 1. The van der Waals surface area contributed by atoms with Crippen molar-refractivity contribution in [1.82, 2.24) is 4.90 Å². The van der Waals surface area contributed by atoms with Crippen molar-refractivity contribution < 1.29 is 9.84 Å². The van der Waals surface area contributed by atoms with Crippen molar-refractivity contribution in [2.75, 3.05) is 26.2 Å². The molecule has 0 aromatic heterocycles. The average molecular weight is 312 g/mol. The molecular formula is C17H26ClNO2. The molecule has 1 unspecified atom stereocenters. The summed E-state index contributed by atoms with van der Waals surface area (Å²) in [6.07, 6.45) is 7.10. The second-order valence-corrected chi connectivity index (χ2v) is 6.11. The van der Waals surface area contributed by atoms with E-state index in [1.165, 1.54) is 49.7 Å². The van der Waals surface area contributed by atoms with E-state index >= 15 is 0 Å². The Balaban J connectivity index is 0.00000161. The molecule has 1 aliphatic heterocycles. The quantitative estimate of drug-likeness (QED) is 0.907. The Hall–Kier alpha value is -0.770. The Bertz CT molecular complexity index is 446. The fourth-order valence-corrected chi connectivity index (χ4v) is 3.32. The van der Waals surface area contributed by atoms with E-state index in [4.69, 9.17) is 4.74 Å². The van der Waals surface area contributed by atoms with Crippen LogP contribution in [0.1, 0.15) is 36.8 Å². The highest BCUT2D eigenvalue weighted by molar-refractivity contribution is 5.85. The zero-order valence-electron chi connectivity index (χ0n) is 12.6. The van der Waals surface area contributed by atoms with Gasteiger partial charge in [-0.15, -0.1) is 12.4 Å². The van der Waals surface area contributed by atoms with E-state index in [9.17, 15) is 5.11 Å². The van der Waals surface area contributed by atoms with Crippen LogP contribution in [0.15, 0.2) is 18.2 Å². The molecule has 1 saturated heterocycles.